The Morgan fingerprint density at radius 2 is 1.69 bits per heavy atom. The highest BCUT2D eigenvalue weighted by Crippen LogP contribution is 2.32. The second-order valence-electron chi connectivity index (χ2n) is 9.21. The minimum absolute atomic E-state index is 0.00189. The lowest BCUT2D eigenvalue weighted by atomic mass is 10.0. The van der Waals surface area contributed by atoms with Gasteiger partial charge in [0.25, 0.3) is 5.69 Å². The third kappa shape index (κ3) is 5.24. The molecule has 1 N–H and O–H groups in total. The number of carbonyl (C=O) groups excluding carboxylic acids is 2. The van der Waals surface area contributed by atoms with E-state index in [0.29, 0.717) is 24.3 Å². The summed E-state index contributed by atoms with van der Waals surface area (Å²) < 4.78 is 1.72. The van der Waals surface area contributed by atoms with Crippen LogP contribution >= 0.6 is 0 Å². The molecule has 0 unspecified atom stereocenters. The number of amides is 2. The van der Waals surface area contributed by atoms with Gasteiger partial charge in [-0.05, 0) is 49.9 Å². The lowest BCUT2D eigenvalue weighted by molar-refractivity contribution is -0.384. The Labute approximate surface area is 202 Å². The molecule has 3 aromatic rings. The van der Waals surface area contributed by atoms with Crippen molar-refractivity contribution in [2.45, 2.75) is 38.1 Å². The average molecular weight is 474 g/mol. The zero-order valence-electron chi connectivity index (χ0n) is 19.3. The number of piperidine rings is 1. The van der Waals surface area contributed by atoms with Crippen LogP contribution in [0, 0.1) is 16.0 Å². The summed E-state index contributed by atoms with van der Waals surface area (Å²) in [5.41, 5.74) is 2.92. The van der Waals surface area contributed by atoms with E-state index in [0.717, 1.165) is 36.9 Å². The molecule has 2 aliphatic rings. The molecule has 2 heterocycles. The first-order valence-electron chi connectivity index (χ1n) is 11.9. The van der Waals surface area contributed by atoms with Gasteiger partial charge in [-0.2, -0.15) is 5.10 Å². The average Bonchev–Trinajstić information content (AvgIpc) is 3.65. The minimum atomic E-state index is -0.440. The number of nitro benzene ring substituents is 1. The monoisotopic (exact) mass is 473 g/mol. The Hall–Kier alpha value is -4.01. The maximum atomic E-state index is 13.0. The highest BCUT2D eigenvalue weighted by atomic mass is 16.6. The molecule has 9 heteroatoms. The maximum absolute atomic E-state index is 13.0. The predicted octanol–water partition coefficient (Wildman–Crippen LogP) is 3.51. The normalized spacial score (nSPS) is 16.2. The van der Waals surface area contributed by atoms with E-state index in [4.69, 9.17) is 5.10 Å². The zero-order valence-corrected chi connectivity index (χ0v) is 19.3. The molecule has 1 saturated heterocycles. The van der Waals surface area contributed by atoms with Crippen LogP contribution in [0.15, 0.2) is 60.8 Å². The topological polar surface area (TPSA) is 110 Å². The Morgan fingerprint density at radius 3 is 2.31 bits per heavy atom. The van der Waals surface area contributed by atoms with Crippen LogP contribution in [0.3, 0.4) is 0 Å². The van der Waals surface area contributed by atoms with Gasteiger partial charge in [0.15, 0.2) is 0 Å². The summed E-state index contributed by atoms with van der Waals surface area (Å²) in [6.07, 6.45) is 5.49. The van der Waals surface area contributed by atoms with E-state index >= 15 is 0 Å². The summed E-state index contributed by atoms with van der Waals surface area (Å²) in [7, 11) is 0. The van der Waals surface area contributed by atoms with Crippen molar-refractivity contribution in [1.82, 2.24) is 20.0 Å². The Kier molecular flexibility index (Phi) is 6.31. The van der Waals surface area contributed by atoms with Crippen LogP contribution in [-0.4, -0.2) is 50.5 Å². The number of hydrogen-bond donors (Lipinski definition) is 1. The SMILES string of the molecule is O=C(Cc1cn(-c2ccccc2)nc1-c1ccc([N+](=O)[O-])cc1)NC1CCN(C(=O)C2CC2)CC1. The molecule has 0 spiro atoms. The Morgan fingerprint density at radius 1 is 1.00 bits per heavy atom. The molecule has 1 saturated carbocycles. The van der Waals surface area contributed by atoms with E-state index in [9.17, 15) is 19.7 Å². The van der Waals surface area contributed by atoms with Crippen LogP contribution in [0.1, 0.15) is 31.2 Å². The number of nitro groups is 1. The van der Waals surface area contributed by atoms with Crippen molar-refractivity contribution in [3.05, 3.63) is 76.5 Å². The first-order chi connectivity index (χ1) is 17.0. The van der Waals surface area contributed by atoms with Crippen molar-refractivity contribution in [1.29, 1.82) is 0 Å². The molecule has 0 bridgehead atoms. The number of benzene rings is 2. The van der Waals surface area contributed by atoms with Crippen molar-refractivity contribution in [2.75, 3.05) is 13.1 Å². The van der Waals surface area contributed by atoms with Crippen molar-refractivity contribution >= 4 is 17.5 Å². The minimum Gasteiger partial charge on any atom is -0.353 e. The van der Waals surface area contributed by atoms with Gasteiger partial charge in [-0.25, -0.2) is 4.68 Å². The van der Waals surface area contributed by atoms with E-state index < -0.39 is 4.92 Å². The summed E-state index contributed by atoms with van der Waals surface area (Å²) in [6, 6.07) is 15.8. The number of hydrogen-bond acceptors (Lipinski definition) is 5. The van der Waals surface area contributed by atoms with Crippen LogP contribution in [-0.2, 0) is 16.0 Å². The third-order valence-corrected chi connectivity index (χ3v) is 6.61. The van der Waals surface area contributed by atoms with Crippen LogP contribution < -0.4 is 5.32 Å². The molecule has 0 radical (unpaired) electrons. The molecule has 1 aliphatic heterocycles. The smallest absolute Gasteiger partial charge is 0.269 e. The van der Waals surface area contributed by atoms with Gasteiger partial charge in [-0.15, -0.1) is 0 Å². The summed E-state index contributed by atoms with van der Waals surface area (Å²) in [4.78, 5) is 37.8. The fourth-order valence-electron chi connectivity index (χ4n) is 4.52. The lowest BCUT2D eigenvalue weighted by Crippen LogP contribution is -2.47. The summed E-state index contributed by atoms with van der Waals surface area (Å²) in [5.74, 6) is 0.378. The van der Waals surface area contributed by atoms with E-state index in [1.165, 1.54) is 12.1 Å². The standard InChI is InChI=1S/C26H27N5O4/c32-24(27-21-12-14-29(15-13-21)26(33)19-6-7-19)16-20-17-30(22-4-2-1-3-5-22)28-25(20)18-8-10-23(11-9-18)31(34)35/h1-5,8-11,17,19,21H,6-7,12-16H2,(H,27,32). The molecular weight excluding hydrogens is 446 g/mol. The van der Waals surface area contributed by atoms with E-state index in [1.807, 2.05) is 41.4 Å². The summed E-state index contributed by atoms with van der Waals surface area (Å²) in [5, 5.41) is 18.9. The molecule has 9 nitrogen and oxygen atoms in total. The predicted molar refractivity (Wildman–Crippen MR) is 130 cm³/mol. The van der Waals surface area contributed by atoms with E-state index in [-0.39, 0.29) is 35.9 Å². The molecule has 2 amide bonds. The van der Waals surface area contributed by atoms with Crippen molar-refractivity contribution in [2.24, 2.45) is 5.92 Å². The number of nitrogens with zero attached hydrogens (tertiary/aromatic N) is 4. The van der Waals surface area contributed by atoms with Gasteiger partial charge in [-0.3, -0.25) is 19.7 Å². The second kappa shape index (κ2) is 9.69. The first kappa shape index (κ1) is 22.8. The van der Waals surface area contributed by atoms with Gasteiger partial charge in [0.1, 0.15) is 0 Å². The molecule has 1 aromatic heterocycles. The Balaban J connectivity index is 1.30. The largest absolute Gasteiger partial charge is 0.353 e. The lowest BCUT2D eigenvalue weighted by Gasteiger charge is -2.32. The quantitative estimate of drug-likeness (QED) is 0.417. The molecule has 5 rings (SSSR count). The number of nitrogens with one attached hydrogen (secondary N) is 1. The second-order valence-corrected chi connectivity index (χ2v) is 9.21. The first-order valence-corrected chi connectivity index (χ1v) is 11.9. The van der Waals surface area contributed by atoms with Gasteiger partial charge < -0.3 is 10.2 Å². The molecule has 35 heavy (non-hydrogen) atoms. The number of rotatable bonds is 7. The molecule has 1 aliphatic carbocycles. The summed E-state index contributed by atoms with van der Waals surface area (Å²) >= 11 is 0. The van der Waals surface area contributed by atoms with Gasteiger partial charge in [-0.1, -0.05) is 18.2 Å². The van der Waals surface area contributed by atoms with Crippen LogP contribution in [0.2, 0.25) is 0 Å². The highest BCUT2D eigenvalue weighted by Gasteiger charge is 2.35. The van der Waals surface area contributed by atoms with E-state index in [2.05, 4.69) is 5.32 Å². The van der Waals surface area contributed by atoms with Gasteiger partial charge in [0.2, 0.25) is 11.8 Å². The summed E-state index contributed by atoms with van der Waals surface area (Å²) in [6.45, 7) is 1.36. The van der Waals surface area contributed by atoms with Gasteiger partial charge in [0, 0.05) is 54.5 Å². The van der Waals surface area contributed by atoms with E-state index in [1.54, 1.807) is 16.8 Å². The van der Waals surface area contributed by atoms with Gasteiger partial charge >= 0.3 is 0 Å². The molecule has 2 aromatic carbocycles. The number of non-ortho nitro benzene ring substituents is 1. The zero-order chi connectivity index (χ0) is 24.4. The third-order valence-electron chi connectivity index (χ3n) is 6.61. The van der Waals surface area contributed by atoms with Crippen molar-refractivity contribution in [3.63, 3.8) is 0 Å². The van der Waals surface area contributed by atoms with Crippen LogP contribution in [0.5, 0.6) is 0 Å². The fraction of sp³-hybridized carbons (Fsp3) is 0.346. The van der Waals surface area contributed by atoms with Crippen LogP contribution in [0.25, 0.3) is 16.9 Å². The number of aromatic nitrogens is 2. The number of carbonyl (C=O) groups is 2. The van der Waals surface area contributed by atoms with Crippen molar-refractivity contribution in [3.8, 4) is 16.9 Å². The molecule has 0 atom stereocenters. The maximum Gasteiger partial charge on any atom is 0.269 e. The Bertz CT molecular complexity index is 1230. The molecule has 2 fully saturated rings. The van der Waals surface area contributed by atoms with Crippen molar-refractivity contribution < 1.29 is 14.5 Å². The fourth-order valence-corrected chi connectivity index (χ4v) is 4.52. The highest BCUT2D eigenvalue weighted by molar-refractivity contribution is 5.82. The molecular formula is C26H27N5O4. The van der Waals surface area contributed by atoms with Gasteiger partial charge in [0.05, 0.1) is 22.7 Å². The number of para-hydroxylation sites is 1. The van der Waals surface area contributed by atoms with Crippen LogP contribution in [0.4, 0.5) is 5.69 Å². The molecule has 180 valence electrons. The number of likely N-dealkylation sites (tertiary alicyclic amines) is 1.